The predicted octanol–water partition coefficient (Wildman–Crippen LogP) is 3.56. The highest BCUT2D eigenvalue weighted by molar-refractivity contribution is 7.57. The van der Waals surface area contributed by atoms with Crippen molar-refractivity contribution in [1.82, 2.24) is 0 Å². The summed E-state index contributed by atoms with van der Waals surface area (Å²) in [7, 11) is -2.51. The predicted molar refractivity (Wildman–Crippen MR) is 56.3 cm³/mol. The minimum atomic E-state index is -2.51. The van der Waals surface area contributed by atoms with Crippen LogP contribution in [0.15, 0.2) is 18.2 Å². The van der Waals surface area contributed by atoms with Crippen molar-refractivity contribution in [2.75, 3.05) is 13.3 Å². The SMILES string of the molecule is Cc1ccc(OP(C)(C)=O)c(Cl)c1. The van der Waals surface area contributed by atoms with Crippen LogP contribution in [0.5, 0.6) is 5.75 Å². The van der Waals surface area contributed by atoms with E-state index in [-0.39, 0.29) is 0 Å². The van der Waals surface area contributed by atoms with Gasteiger partial charge in [-0.25, -0.2) is 0 Å². The fraction of sp³-hybridized carbons (Fsp3) is 0.333. The summed E-state index contributed by atoms with van der Waals surface area (Å²) in [6.07, 6.45) is 0. The topological polar surface area (TPSA) is 26.3 Å². The second kappa shape index (κ2) is 3.73. The van der Waals surface area contributed by atoms with E-state index < -0.39 is 7.37 Å². The van der Waals surface area contributed by atoms with Crippen LogP contribution >= 0.6 is 19.0 Å². The summed E-state index contributed by atoms with van der Waals surface area (Å²) in [6, 6.07) is 5.39. The first kappa shape index (κ1) is 10.6. The minimum Gasteiger partial charge on any atom is -0.442 e. The number of halogens is 1. The average molecular weight is 219 g/mol. The van der Waals surface area contributed by atoms with E-state index in [1.165, 1.54) is 0 Å². The zero-order valence-electron chi connectivity index (χ0n) is 7.87. The van der Waals surface area contributed by atoms with Crippen molar-refractivity contribution in [3.05, 3.63) is 28.8 Å². The summed E-state index contributed by atoms with van der Waals surface area (Å²) in [6.45, 7) is 5.06. The monoisotopic (exact) mass is 218 g/mol. The number of benzene rings is 1. The van der Waals surface area contributed by atoms with E-state index in [0.717, 1.165) is 5.56 Å². The second-order valence-corrected chi connectivity index (χ2v) is 6.37. The highest BCUT2D eigenvalue weighted by atomic mass is 35.5. The van der Waals surface area contributed by atoms with Crippen LogP contribution in [0, 0.1) is 6.92 Å². The minimum absolute atomic E-state index is 0.487. The molecule has 72 valence electrons. The molecule has 0 heterocycles. The molecule has 0 amide bonds. The molecule has 0 atom stereocenters. The molecular weight excluding hydrogens is 207 g/mol. The summed E-state index contributed by atoms with van der Waals surface area (Å²) in [4.78, 5) is 0. The van der Waals surface area contributed by atoms with Gasteiger partial charge < -0.3 is 4.52 Å². The molecule has 0 aliphatic heterocycles. The Morgan fingerprint density at radius 1 is 1.38 bits per heavy atom. The third-order valence-corrected chi connectivity index (χ3v) is 2.34. The molecule has 0 aliphatic rings. The highest BCUT2D eigenvalue weighted by Crippen LogP contribution is 2.41. The molecule has 13 heavy (non-hydrogen) atoms. The van der Waals surface area contributed by atoms with Crippen molar-refractivity contribution in [2.24, 2.45) is 0 Å². The average Bonchev–Trinajstić information content (AvgIpc) is 1.93. The quantitative estimate of drug-likeness (QED) is 0.710. The van der Waals surface area contributed by atoms with Crippen molar-refractivity contribution in [2.45, 2.75) is 6.92 Å². The summed E-state index contributed by atoms with van der Waals surface area (Å²) in [5.41, 5.74) is 1.05. The number of aryl methyl sites for hydroxylation is 1. The number of hydrogen-bond acceptors (Lipinski definition) is 2. The molecule has 1 aromatic carbocycles. The van der Waals surface area contributed by atoms with Gasteiger partial charge in [0.25, 0.3) is 0 Å². The van der Waals surface area contributed by atoms with Crippen molar-refractivity contribution in [3.8, 4) is 5.75 Å². The van der Waals surface area contributed by atoms with Gasteiger partial charge in [0.1, 0.15) is 5.75 Å². The molecule has 1 aromatic rings. The maximum Gasteiger partial charge on any atom is 0.242 e. The zero-order valence-corrected chi connectivity index (χ0v) is 9.52. The molecule has 0 N–H and O–H groups in total. The first-order valence-electron chi connectivity index (χ1n) is 3.89. The lowest BCUT2D eigenvalue weighted by molar-refractivity contribution is 0.494. The lowest BCUT2D eigenvalue weighted by Gasteiger charge is -2.11. The van der Waals surface area contributed by atoms with Gasteiger partial charge in [-0.05, 0) is 24.6 Å². The Bertz CT molecular complexity index is 357. The molecule has 0 aliphatic carbocycles. The van der Waals surface area contributed by atoms with Crippen molar-refractivity contribution < 1.29 is 9.09 Å². The van der Waals surface area contributed by atoms with Gasteiger partial charge in [0.05, 0.1) is 5.02 Å². The van der Waals surface area contributed by atoms with Gasteiger partial charge in [0.15, 0.2) is 0 Å². The van der Waals surface area contributed by atoms with Crippen LogP contribution in [0.2, 0.25) is 5.02 Å². The third kappa shape index (κ3) is 3.41. The fourth-order valence-electron chi connectivity index (χ4n) is 0.917. The van der Waals surface area contributed by atoms with Gasteiger partial charge in [0.2, 0.25) is 7.37 Å². The molecule has 0 saturated carbocycles. The van der Waals surface area contributed by atoms with Crippen LogP contribution in [0.3, 0.4) is 0 Å². The summed E-state index contributed by atoms with van der Waals surface area (Å²) in [5, 5.41) is 0.504. The molecule has 0 radical (unpaired) electrons. The Morgan fingerprint density at radius 2 is 2.00 bits per heavy atom. The normalized spacial score (nSPS) is 11.4. The zero-order chi connectivity index (χ0) is 10.1. The molecule has 1 rings (SSSR count). The maximum atomic E-state index is 11.3. The molecule has 4 heteroatoms. The van der Waals surface area contributed by atoms with Gasteiger partial charge in [-0.3, -0.25) is 4.57 Å². The first-order chi connectivity index (χ1) is 5.88. The molecule has 0 spiro atoms. The molecule has 0 saturated heterocycles. The first-order valence-corrected chi connectivity index (χ1v) is 6.79. The van der Waals surface area contributed by atoms with Crippen LogP contribution in [0.1, 0.15) is 5.56 Å². The Hall–Kier alpha value is -0.460. The Balaban J connectivity index is 2.97. The summed E-state index contributed by atoms with van der Waals surface area (Å²) in [5.74, 6) is 0.487. The Labute approximate surface area is 83.3 Å². The summed E-state index contributed by atoms with van der Waals surface area (Å²) >= 11 is 5.89. The Morgan fingerprint density at radius 3 is 2.46 bits per heavy atom. The highest BCUT2D eigenvalue weighted by Gasteiger charge is 2.11. The molecule has 0 bridgehead atoms. The largest absolute Gasteiger partial charge is 0.442 e. The van der Waals surface area contributed by atoms with Gasteiger partial charge in [-0.15, -0.1) is 0 Å². The molecule has 0 fully saturated rings. The van der Waals surface area contributed by atoms with Crippen LogP contribution < -0.4 is 4.52 Å². The van der Waals surface area contributed by atoms with E-state index >= 15 is 0 Å². The van der Waals surface area contributed by atoms with Crippen molar-refractivity contribution in [1.29, 1.82) is 0 Å². The van der Waals surface area contributed by atoms with Crippen LogP contribution in [0.25, 0.3) is 0 Å². The van der Waals surface area contributed by atoms with E-state index in [0.29, 0.717) is 10.8 Å². The lowest BCUT2D eigenvalue weighted by Crippen LogP contribution is -1.89. The van der Waals surface area contributed by atoms with Crippen molar-refractivity contribution in [3.63, 3.8) is 0 Å². The van der Waals surface area contributed by atoms with E-state index in [1.54, 1.807) is 25.5 Å². The molecule has 0 unspecified atom stereocenters. The van der Waals surface area contributed by atoms with Crippen molar-refractivity contribution >= 4 is 19.0 Å². The van der Waals surface area contributed by atoms with Crippen LogP contribution in [-0.2, 0) is 4.57 Å². The third-order valence-electron chi connectivity index (χ3n) is 1.41. The maximum absolute atomic E-state index is 11.3. The van der Waals surface area contributed by atoms with E-state index in [2.05, 4.69) is 0 Å². The standard InChI is InChI=1S/C9H12ClO2P/c1-7-4-5-9(8(10)6-7)12-13(2,3)11/h4-6H,1-3H3. The molecule has 2 nitrogen and oxygen atoms in total. The van der Waals surface area contributed by atoms with Gasteiger partial charge in [-0.1, -0.05) is 17.7 Å². The van der Waals surface area contributed by atoms with Gasteiger partial charge >= 0.3 is 0 Å². The van der Waals surface area contributed by atoms with Gasteiger partial charge in [0, 0.05) is 13.3 Å². The van der Waals surface area contributed by atoms with Crippen LogP contribution in [-0.4, -0.2) is 13.3 Å². The van der Waals surface area contributed by atoms with Crippen LogP contribution in [0.4, 0.5) is 0 Å². The number of hydrogen-bond donors (Lipinski definition) is 0. The smallest absolute Gasteiger partial charge is 0.242 e. The Kier molecular flexibility index (Phi) is 3.05. The number of rotatable bonds is 2. The molecule has 0 aromatic heterocycles. The van der Waals surface area contributed by atoms with E-state index in [4.69, 9.17) is 16.1 Å². The molecular formula is C9H12ClO2P. The lowest BCUT2D eigenvalue weighted by atomic mass is 10.2. The van der Waals surface area contributed by atoms with E-state index in [9.17, 15) is 4.57 Å². The summed E-state index contributed by atoms with van der Waals surface area (Å²) < 4.78 is 16.6. The second-order valence-electron chi connectivity index (χ2n) is 3.28. The van der Waals surface area contributed by atoms with Gasteiger partial charge in [-0.2, -0.15) is 0 Å². The van der Waals surface area contributed by atoms with E-state index in [1.807, 2.05) is 13.0 Å². The fourth-order valence-corrected chi connectivity index (χ4v) is 1.88.